The van der Waals surface area contributed by atoms with Crippen molar-refractivity contribution in [3.63, 3.8) is 0 Å². The highest BCUT2D eigenvalue weighted by Crippen LogP contribution is 2.21. The molecule has 2 aromatic rings. The molecule has 7 heteroatoms. The van der Waals surface area contributed by atoms with E-state index in [1.807, 2.05) is 24.3 Å². The monoisotopic (exact) mass is 357 g/mol. The van der Waals surface area contributed by atoms with Gasteiger partial charge in [0.2, 0.25) is 5.91 Å². The van der Waals surface area contributed by atoms with Crippen molar-refractivity contribution in [3.8, 4) is 0 Å². The SMILES string of the molecule is Cc1cc(NC(=O)[C@@H](C)N(C)Cc2cc(Br)cs2)no1. The zero-order valence-electron chi connectivity index (χ0n) is 11.5. The average molecular weight is 358 g/mol. The summed E-state index contributed by atoms with van der Waals surface area (Å²) in [4.78, 5) is 15.3. The largest absolute Gasteiger partial charge is 0.360 e. The van der Waals surface area contributed by atoms with E-state index in [1.165, 1.54) is 4.88 Å². The van der Waals surface area contributed by atoms with Crippen molar-refractivity contribution in [3.05, 3.63) is 32.6 Å². The third-order valence-corrected chi connectivity index (χ3v) is 4.63. The highest BCUT2D eigenvalue weighted by atomic mass is 79.9. The van der Waals surface area contributed by atoms with Gasteiger partial charge in [-0.2, -0.15) is 0 Å². The van der Waals surface area contributed by atoms with Crippen LogP contribution in [0.1, 0.15) is 17.6 Å². The van der Waals surface area contributed by atoms with Gasteiger partial charge in [-0.05, 0) is 42.9 Å². The van der Waals surface area contributed by atoms with E-state index in [1.54, 1.807) is 24.3 Å². The van der Waals surface area contributed by atoms with Crippen molar-refractivity contribution >= 4 is 39.0 Å². The third kappa shape index (κ3) is 3.91. The van der Waals surface area contributed by atoms with Crippen LogP contribution in [-0.4, -0.2) is 29.1 Å². The topological polar surface area (TPSA) is 58.4 Å². The Bertz CT molecular complexity index is 596. The number of aromatic nitrogens is 1. The summed E-state index contributed by atoms with van der Waals surface area (Å²) < 4.78 is 5.99. The van der Waals surface area contributed by atoms with E-state index >= 15 is 0 Å². The molecule has 1 N–H and O–H groups in total. The highest BCUT2D eigenvalue weighted by Gasteiger charge is 2.19. The highest BCUT2D eigenvalue weighted by molar-refractivity contribution is 9.10. The van der Waals surface area contributed by atoms with Crippen molar-refractivity contribution in [2.24, 2.45) is 0 Å². The van der Waals surface area contributed by atoms with Crippen LogP contribution in [0.15, 0.2) is 26.5 Å². The van der Waals surface area contributed by atoms with Crippen LogP contribution in [0.5, 0.6) is 0 Å². The lowest BCUT2D eigenvalue weighted by atomic mass is 10.2. The van der Waals surface area contributed by atoms with Gasteiger partial charge in [0.15, 0.2) is 5.82 Å². The van der Waals surface area contributed by atoms with E-state index in [2.05, 4.69) is 32.5 Å². The maximum Gasteiger partial charge on any atom is 0.242 e. The van der Waals surface area contributed by atoms with E-state index in [0.717, 1.165) is 11.0 Å². The molecule has 0 aliphatic heterocycles. The molecular formula is C13H16BrN3O2S. The minimum atomic E-state index is -0.257. The molecule has 1 atom stereocenters. The Morgan fingerprint density at radius 3 is 2.90 bits per heavy atom. The summed E-state index contributed by atoms with van der Waals surface area (Å²) in [5, 5.41) is 8.53. The number of hydrogen-bond acceptors (Lipinski definition) is 5. The number of likely N-dealkylation sites (N-methyl/N-ethyl adjacent to an activating group) is 1. The van der Waals surface area contributed by atoms with Crippen molar-refractivity contribution in [2.45, 2.75) is 26.4 Å². The number of halogens is 1. The van der Waals surface area contributed by atoms with E-state index in [-0.39, 0.29) is 11.9 Å². The molecule has 1 amide bonds. The number of carbonyl (C=O) groups excluding carboxylic acids is 1. The van der Waals surface area contributed by atoms with Gasteiger partial charge in [0, 0.05) is 27.3 Å². The predicted octanol–water partition coefficient (Wildman–Crippen LogP) is 3.27. The van der Waals surface area contributed by atoms with E-state index in [9.17, 15) is 4.79 Å². The Morgan fingerprint density at radius 1 is 1.60 bits per heavy atom. The molecule has 0 saturated carbocycles. The zero-order valence-corrected chi connectivity index (χ0v) is 13.9. The lowest BCUT2D eigenvalue weighted by Gasteiger charge is -2.22. The van der Waals surface area contributed by atoms with Gasteiger partial charge < -0.3 is 9.84 Å². The summed E-state index contributed by atoms with van der Waals surface area (Å²) in [6, 6.07) is 3.50. The quantitative estimate of drug-likeness (QED) is 0.891. The maximum atomic E-state index is 12.1. The van der Waals surface area contributed by atoms with Crippen LogP contribution in [0.2, 0.25) is 0 Å². The second-order valence-corrected chi connectivity index (χ2v) is 6.55. The van der Waals surface area contributed by atoms with Gasteiger partial charge in [-0.1, -0.05) is 5.16 Å². The zero-order chi connectivity index (χ0) is 14.7. The van der Waals surface area contributed by atoms with Crippen LogP contribution < -0.4 is 5.32 Å². The first-order valence-electron chi connectivity index (χ1n) is 6.13. The van der Waals surface area contributed by atoms with Gasteiger partial charge in [0.1, 0.15) is 5.76 Å². The third-order valence-electron chi connectivity index (χ3n) is 2.95. The second-order valence-electron chi connectivity index (χ2n) is 4.63. The predicted molar refractivity (Wildman–Crippen MR) is 82.8 cm³/mol. The van der Waals surface area contributed by atoms with Crippen molar-refractivity contribution < 1.29 is 9.32 Å². The fraction of sp³-hybridized carbons (Fsp3) is 0.385. The number of nitrogens with zero attached hydrogens (tertiary/aromatic N) is 2. The summed E-state index contributed by atoms with van der Waals surface area (Å²) in [6.45, 7) is 4.38. The maximum absolute atomic E-state index is 12.1. The number of amides is 1. The van der Waals surface area contributed by atoms with Crippen LogP contribution in [0, 0.1) is 6.92 Å². The molecule has 0 unspecified atom stereocenters. The summed E-state index contributed by atoms with van der Waals surface area (Å²) in [5.41, 5.74) is 0. The van der Waals surface area contributed by atoms with Crippen molar-refractivity contribution in [1.82, 2.24) is 10.1 Å². The molecule has 0 aromatic carbocycles. The normalized spacial score (nSPS) is 12.7. The summed E-state index contributed by atoms with van der Waals surface area (Å²) in [6.07, 6.45) is 0. The molecule has 20 heavy (non-hydrogen) atoms. The fourth-order valence-corrected chi connectivity index (χ4v) is 3.19. The second kappa shape index (κ2) is 6.51. The molecule has 0 aliphatic carbocycles. The lowest BCUT2D eigenvalue weighted by Crippen LogP contribution is -2.39. The van der Waals surface area contributed by atoms with Gasteiger partial charge in [0.25, 0.3) is 0 Å². The standard InChI is InChI=1S/C13H16BrN3O2S/c1-8-4-12(16-19-8)15-13(18)9(2)17(3)6-11-5-10(14)7-20-11/h4-5,7,9H,6H2,1-3H3,(H,15,16,18)/t9-/m1/s1. The number of aryl methyl sites for hydroxylation is 1. The number of hydrogen-bond donors (Lipinski definition) is 1. The molecule has 5 nitrogen and oxygen atoms in total. The minimum Gasteiger partial charge on any atom is -0.360 e. The van der Waals surface area contributed by atoms with E-state index < -0.39 is 0 Å². The minimum absolute atomic E-state index is 0.101. The fourth-order valence-electron chi connectivity index (χ4n) is 1.68. The number of carbonyl (C=O) groups is 1. The summed E-state index contributed by atoms with van der Waals surface area (Å²) >= 11 is 5.10. The van der Waals surface area contributed by atoms with Crippen LogP contribution in [0.25, 0.3) is 0 Å². The van der Waals surface area contributed by atoms with Gasteiger partial charge in [-0.15, -0.1) is 11.3 Å². The van der Waals surface area contributed by atoms with Crippen LogP contribution in [-0.2, 0) is 11.3 Å². The molecule has 0 saturated heterocycles. The Kier molecular flexibility index (Phi) is 4.95. The summed E-state index contributed by atoms with van der Waals surface area (Å²) in [5.74, 6) is 1.02. The molecule has 0 radical (unpaired) electrons. The molecule has 2 heterocycles. The molecule has 0 fully saturated rings. The number of nitrogens with one attached hydrogen (secondary N) is 1. The Morgan fingerprint density at radius 2 is 2.35 bits per heavy atom. The van der Waals surface area contributed by atoms with E-state index in [0.29, 0.717) is 11.6 Å². The summed E-state index contributed by atoms with van der Waals surface area (Å²) in [7, 11) is 1.92. The Labute approximate surface area is 130 Å². The Hall–Kier alpha value is -1.18. The Balaban J connectivity index is 1.92. The van der Waals surface area contributed by atoms with E-state index in [4.69, 9.17) is 4.52 Å². The molecular weight excluding hydrogens is 342 g/mol. The first-order valence-corrected chi connectivity index (χ1v) is 7.80. The van der Waals surface area contributed by atoms with Crippen LogP contribution in [0.4, 0.5) is 5.82 Å². The van der Waals surface area contributed by atoms with Gasteiger partial charge >= 0.3 is 0 Å². The number of rotatable bonds is 5. The molecule has 2 rings (SSSR count). The molecule has 2 aromatic heterocycles. The smallest absolute Gasteiger partial charge is 0.242 e. The van der Waals surface area contributed by atoms with Gasteiger partial charge in [-0.25, -0.2) is 0 Å². The molecule has 0 bridgehead atoms. The van der Waals surface area contributed by atoms with Gasteiger partial charge in [-0.3, -0.25) is 9.69 Å². The van der Waals surface area contributed by atoms with Crippen molar-refractivity contribution in [2.75, 3.05) is 12.4 Å². The van der Waals surface area contributed by atoms with Crippen molar-refractivity contribution in [1.29, 1.82) is 0 Å². The molecule has 0 spiro atoms. The first kappa shape index (κ1) is 15.2. The van der Waals surface area contributed by atoms with Gasteiger partial charge in [0.05, 0.1) is 6.04 Å². The van der Waals surface area contributed by atoms with Crippen LogP contribution in [0.3, 0.4) is 0 Å². The van der Waals surface area contributed by atoms with Crippen LogP contribution >= 0.6 is 27.3 Å². The lowest BCUT2D eigenvalue weighted by molar-refractivity contribution is -0.120. The molecule has 108 valence electrons. The molecule has 0 aliphatic rings. The average Bonchev–Trinajstić information content (AvgIpc) is 2.97. The number of thiophene rings is 1. The number of anilines is 1. The first-order chi connectivity index (χ1) is 9.45.